The minimum Gasteiger partial charge on any atom is -0.508 e. The van der Waals surface area contributed by atoms with Gasteiger partial charge in [0.1, 0.15) is 11.4 Å². The van der Waals surface area contributed by atoms with Crippen LogP contribution in [0.3, 0.4) is 0 Å². The molecule has 0 spiro atoms. The summed E-state index contributed by atoms with van der Waals surface area (Å²) in [4.78, 5) is 14.1. The van der Waals surface area contributed by atoms with E-state index in [2.05, 4.69) is 0 Å². The number of phenols is 1. The minimum atomic E-state index is -0.554. The van der Waals surface area contributed by atoms with Crippen LogP contribution in [0.25, 0.3) is 0 Å². The third kappa shape index (κ3) is 3.67. The maximum Gasteiger partial charge on any atom is 0.410 e. The standard InChI is InChI=1S/C16H24N2O3/c1-16(2,3)21-15(20)18-10-6-8-12(17)14(18)11-7-4-5-9-13(11)19/h4-5,7,9,12,14,19H,6,8,10,17H2,1-3H3. The van der Waals surface area contributed by atoms with Crippen molar-refractivity contribution in [1.82, 2.24) is 4.90 Å². The van der Waals surface area contributed by atoms with Crippen molar-refractivity contribution in [2.75, 3.05) is 6.54 Å². The summed E-state index contributed by atoms with van der Waals surface area (Å²) in [5.41, 5.74) is 6.33. The predicted molar refractivity (Wildman–Crippen MR) is 81.0 cm³/mol. The van der Waals surface area contributed by atoms with Crippen LogP contribution in [-0.2, 0) is 4.74 Å². The quantitative estimate of drug-likeness (QED) is 0.834. The highest BCUT2D eigenvalue weighted by molar-refractivity contribution is 5.69. The van der Waals surface area contributed by atoms with Gasteiger partial charge < -0.3 is 15.6 Å². The first-order chi connectivity index (χ1) is 9.79. The number of rotatable bonds is 1. The average molecular weight is 292 g/mol. The second-order valence-corrected chi connectivity index (χ2v) is 6.48. The molecule has 5 nitrogen and oxygen atoms in total. The fraction of sp³-hybridized carbons (Fsp3) is 0.562. The first kappa shape index (κ1) is 15.6. The van der Waals surface area contributed by atoms with E-state index in [4.69, 9.17) is 10.5 Å². The van der Waals surface area contributed by atoms with Crippen LogP contribution in [0.2, 0.25) is 0 Å². The molecule has 2 unspecified atom stereocenters. The van der Waals surface area contributed by atoms with Crippen molar-refractivity contribution in [3.63, 3.8) is 0 Å². The third-order valence-electron chi connectivity index (χ3n) is 3.56. The van der Waals surface area contributed by atoms with Gasteiger partial charge in [0.25, 0.3) is 0 Å². The van der Waals surface area contributed by atoms with Gasteiger partial charge in [0.2, 0.25) is 0 Å². The van der Waals surface area contributed by atoms with Gasteiger partial charge in [0.15, 0.2) is 0 Å². The van der Waals surface area contributed by atoms with Gasteiger partial charge in [-0.3, -0.25) is 4.90 Å². The number of hydrogen-bond donors (Lipinski definition) is 2. The van der Waals surface area contributed by atoms with E-state index in [9.17, 15) is 9.90 Å². The van der Waals surface area contributed by atoms with Crippen LogP contribution in [-0.4, -0.2) is 34.3 Å². The minimum absolute atomic E-state index is 0.161. The number of amides is 1. The molecule has 3 N–H and O–H groups in total. The predicted octanol–water partition coefficient (Wildman–Crippen LogP) is 2.79. The molecular weight excluding hydrogens is 268 g/mol. The zero-order valence-electron chi connectivity index (χ0n) is 12.9. The number of phenolic OH excluding ortho intramolecular Hbond substituents is 1. The fourth-order valence-electron chi connectivity index (χ4n) is 2.69. The molecule has 1 aliphatic heterocycles. The van der Waals surface area contributed by atoms with Crippen LogP contribution in [0, 0.1) is 0 Å². The molecule has 1 amide bonds. The summed E-state index contributed by atoms with van der Waals surface area (Å²) < 4.78 is 5.47. The van der Waals surface area contributed by atoms with Gasteiger partial charge in [-0.2, -0.15) is 0 Å². The lowest BCUT2D eigenvalue weighted by Crippen LogP contribution is -2.49. The summed E-state index contributed by atoms with van der Waals surface area (Å²) in [6.07, 6.45) is 1.27. The van der Waals surface area contributed by atoms with Gasteiger partial charge in [0.05, 0.1) is 6.04 Å². The molecule has 1 saturated heterocycles. The molecule has 5 heteroatoms. The summed E-state index contributed by atoms with van der Waals surface area (Å²) in [5, 5.41) is 10.1. The summed E-state index contributed by atoms with van der Waals surface area (Å²) in [7, 11) is 0. The molecule has 0 radical (unpaired) electrons. The van der Waals surface area contributed by atoms with Gasteiger partial charge in [-0.25, -0.2) is 4.79 Å². The van der Waals surface area contributed by atoms with Crippen LogP contribution >= 0.6 is 0 Å². The molecule has 0 aromatic heterocycles. The van der Waals surface area contributed by atoms with Crippen LogP contribution in [0.5, 0.6) is 5.75 Å². The first-order valence-electron chi connectivity index (χ1n) is 7.32. The van der Waals surface area contributed by atoms with Gasteiger partial charge in [-0.05, 0) is 39.7 Å². The largest absolute Gasteiger partial charge is 0.508 e. The topological polar surface area (TPSA) is 75.8 Å². The molecule has 1 aliphatic rings. The number of carbonyl (C=O) groups excluding carboxylic acids is 1. The molecule has 0 bridgehead atoms. The molecular formula is C16H24N2O3. The number of nitrogens with zero attached hydrogens (tertiary/aromatic N) is 1. The van der Waals surface area contributed by atoms with Crippen molar-refractivity contribution in [3.8, 4) is 5.75 Å². The summed E-state index contributed by atoms with van der Waals surface area (Å²) in [5.74, 6) is 0.161. The number of nitrogens with two attached hydrogens (primary N) is 1. The van der Waals surface area contributed by atoms with Crippen molar-refractivity contribution < 1.29 is 14.6 Å². The molecule has 116 valence electrons. The van der Waals surface area contributed by atoms with Crippen LogP contribution < -0.4 is 5.73 Å². The summed E-state index contributed by atoms with van der Waals surface area (Å²) >= 11 is 0. The Balaban J connectivity index is 2.30. The molecule has 2 rings (SSSR count). The molecule has 21 heavy (non-hydrogen) atoms. The first-order valence-corrected chi connectivity index (χ1v) is 7.32. The Labute approximate surface area is 125 Å². The molecule has 0 saturated carbocycles. The molecule has 2 atom stereocenters. The lowest BCUT2D eigenvalue weighted by molar-refractivity contribution is 0.00622. The molecule has 0 aliphatic carbocycles. The zero-order valence-corrected chi connectivity index (χ0v) is 12.9. The van der Waals surface area contributed by atoms with E-state index in [1.54, 1.807) is 17.0 Å². The number of carbonyl (C=O) groups is 1. The van der Waals surface area contributed by atoms with Gasteiger partial charge >= 0.3 is 6.09 Å². The van der Waals surface area contributed by atoms with Crippen LogP contribution in [0.4, 0.5) is 4.79 Å². The van der Waals surface area contributed by atoms with E-state index in [1.165, 1.54) is 0 Å². The molecule has 1 heterocycles. The highest BCUT2D eigenvalue weighted by Crippen LogP contribution is 2.35. The number of ether oxygens (including phenoxy) is 1. The third-order valence-corrected chi connectivity index (χ3v) is 3.56. The average Bonchev–Trinajstić information content (AvgIpc) is 2.37. The highest BCUT2D eigenvalue weighted by Gasteiger charge is 2.37. The smallest absolute Gasteiger partial charge is 0.410 e. The maximum atomic E-state index is 12.4. The van der Waals surface area contributed by atoms with E-state index in [1.807, 2.05) is 32.9 Å². The van der Waals surface area contributed by atoms with Crippen LogP contribution in [0.1, 0.15) is 45.2 Å². The molecule has 1 aromatic rings. The number of para-hydroxylation sites is 1. The SMILES string of the molecule is CC(C)(C)OC(=O)N1CCCC(N)C1c1ccccc1O. The van der Waals surface area contributed by atoms with Crippen molar-refractivity contribution in [1.29, 1.82) is 0 Å². The molecule has 1 fully saturated rings. The highest BCUT2D eigenvalue weighted by atomic mass is 16.6. The Morgan fingerprint density at radius 1 is 1.38 bits per heavy atom. The van der Waals surface area contributed by atoms with E-state index < -0.39 is 5.60 Å². The maximum absolute atomic E-state index is 12.4. The van der Waals surface area contributed by atoms with Crippen molar-refractivity contribution in [3.05, 3.63) is 29.8 Å². The lowest BCUT2D eigenvalue weighted by atomic mass is 9.91. The van der Waals surface area contributed by atoms with Crippen LogP contribution in [0.15, 0.2) is 24.3 Å². The van der Waals surface area contributed by atoms with Crippen molar-refractivity contribution in [2.45, 2.75) is 51.3 Å². The normalized spacial score (nSPS) is 23.0. The Bertz CT molecular complexity index is 510. The molecule has 1 aromatic carbocycles. The monoisotopic (exact) mass is 292 g/mol. The fourth-order valence-corrected chi connectivity index (χ4v) is 2.69. The van der Waals surface area contributed by atoms with E-state index in [0.29, 0.717) is 12.1 Å². The Kier molecular flexibility index (Phi) is 4.42. The Morgan fingerprint density at radius 3 is 2.67 bits per heavy atom. The lowest BCUT2D eigenvalue weighted by Gasteiger charge is -2.40. The van der Waals surface area contributed by atoms with E-state index in [0.717, 1.165) is 12.8 Å². The summed E-state index contributed by atoms with van der Waals surface area (Å²) in [6, 6.07) is 6.45. The number of piperidine rings is 1. The number of hydrogen-bond acceptors (Lipinski definition) is 4. The van der Waals surface area contributed by atoms with E-state index in [-0.39, 0.29) is 23.9 Å². The van der Waals surface area contributed by atoms with E-state index >= 15 is 0 Å². The van der Waals surface area contributed by atoms with Crippen molar-refractivity contribution in [2.24, 2.45) is 5.73 Å². The number of aromatic hydroxyl groups is 1. The zero-order chi connectivity index (χ0) is 15.6. The Hall–Kier alpha value is -1.75. The number of benzene rings is 1. The van der Waals surface area contributed by atoms with Gasteiger partial charge in [-0.1, -0.05) is 18.2 Å². The second kappa shape index (κ2) is 5.93. The Morgan fingerprint density at radius 2 is 2.05 bits per heavy atom. The van der Waals surface area contributed by atoms with Gasteiger partial charge in [-0.15, -0.1) is 0 Å². The van der Waals surface area contributed by atoms with Gasteiger partial charge in [0, 0.05) is 18.2 Å². The second-order valence-electron chi connectivity index (χ2n) is 6.48. The van der Waals surface area contributed by atoms with Crippen molar-refractivity contribution >= 4 is 6.09 Å². The summed E-state index contributed by atoms with van der Waals surface area (Å²) in [6.45, 7) is 6.10. The number of likely N-dealkylation sites (tertiary alicyclic amines) is 1.